The van der Waals surface area contributed by atoms with Crippen LogP contribution in [0.25, 0.3) is 11.3 Å². The zero-order valence-corrected chi connectivity index (χ0v) is 16.5. The van der Waals surface area contributed by atoms with Crippen LogP contribution in [-0.2, 0) is 13.5 Å². The van der Waals surface area contributed by atoms with Crippen molar-refractivity contribution in [1.82, 2.24) is 19.8 Å². The maximum absolute atomic E-state index is 12.8. The molecule has 2 aromatic heterocycles. The first-order valence-electron chi connectivity index (χ1n) is 9.90. The zero-order chi connectivity index (χ0) is 19.5. The van der Waals surface area contributed by atoms with Crippen LogP contribution in [0.15, 0.2) is 47.1 Å². The Morgan fingerprint density at radius 1 is 1.21 bits per heavy atom. The lowest BCUT2D eigenvalue weighted by molar-refractivity contribution is 0.0676. The third kappa shape index (κ3) is 4.01. The summed E-state index contributed by atoms with van der Waals surface area (Å²) in [5.74, 6) is 1.22. The molecule has 1 fully saturated rings. The molecule has 0 N–H and O–H groups in total. The number of carbonyl (C=O) groups excluding carboxylic acids is 1. The molecule has 3 aromatic rings. The van der Waals surface area contributed by atoms with Crippen LogP contribution in [0, 0.1) is 12.8 Å². The van der Waals surface area contributed by atoms with Crippen molar-refractivity contribution in [3.05, 3.63) is 59.5 Å². The van der Waals surface area contributed by atoms with Gasteiger partial charge in [0.2, 0.25) is 0 Å². The van der Waals surface area contributed by atoms with Gasteiger partial charge in [-0.15, -0.1) is 0 Å². The highest BCUT2D eigenvalue weighted by molar-refractivity contribution is 5.93. The second-order valence-corrected chi connectivity index (χ2v) is 7.64. The normalized spacial score (nSPS) is 15.1. The van der Waals surface area contributed by atoms with E-state index in [0.717, 1.165) is 43.6 Å². The van der Waals surface area contributed by atoms with Gasteiger partial charge in [-0.25, -0.2) is 0 Å². The molecule has 0 unspecified atom stereocenters. The molecule has 1 aromatic carbocycles. The number of aryl methyl sites for hydroxylation is 3. The summed E-state index contributed by atoms with van der Waals surface area (Å²) in [5, 5.41) is 8.32. The Balaban J connectivity index is 1.32. The molecule has 1 aliphatic heterocycles. The minimum atomic E-state index is -0.0435. The molecule has 0 bridgehead atoms. The van der Waals surface area contributed by atoms with E-state index in [-0.39, 0.29) is 5.91 Å². The Hall–Kier alpha value is -2.89. The molecule has 28 heavy (non-hydrogen) atoms. The summed E-state index contributed by atoms with van der Waals surface area (Å²) in [5.41, 5.74) is 3.49. The van der Waals surface area contributed by atoms with Crippen LogP contribution in [0.4, 0.5) is 0 Å². The minimum Gasteiger partial charge on any atom is -0.355 e. The van der Waals surface area contributed by atoms with Gasteiger partial charge in [0.15, 0.2) is 11.5 Å². The van der Waals surface area contributed by atoms with E-state index in [2.05, 4.69) is 40.6 Å². The lowest BCUT2D eigenvalue weighted by Gasteiger charge is -2.31. The Bertz CT molecular complexity index is 937. The summed E-state index contributed by atoms with van der Waals surface area (Å²) in [6, 6.07) is 12.3. The zero-order valence-electron chi connectivity index (χ0n) is 16.5. The van der Waals surface area contributed by atoms with Gasteiger partial charge in [-0.2, -0.15) is 5.10 Å². The number of piperidine rings is 1. The number of benzene rings is 1. The first kappa shape index (κ1) is 18.5. The highest BCUT2D eigenvalue weighted by Gasteiger charge is 2.26. The highest BCUT2D eigenvalue weighted by atomic mass is 16.5. The summed E-state index contributed by atoms with van der Waals surface area (Å²) < 4.78 is 7.15. The molecule has 4 rings (SSSR count). The molecule has 1 saturated heterocycles. The van der Waals surface area contributed by atoms with E-state index in [0.29, 0.717) is 17.4 Å². The molecular formula is C22H26N4O2. The van der Waals surface area contributed by atoms with Crippen molar-refractivity contribution in [2.45, 2.75) is 32.6 Å². The van der Waals surface area contributed by atoms with Gasteiger partial charge >= 0.3 is 0 Å². The predicted molar refractivity (Wildman–Crippen MR) is 107 cm³/mol. The molecule has 0 atom stereocenters. The third-order valence-corrected chi connectivity index (χ3v) is 5.59. The van der Waals surface area contributed by atoms with Crippen molar-refractivity contribution in [1.29, 1.82) is 0 Å². The Kier molecular flexibility index (Phi) is 5.28. The number of amides is 1. The van der Waals surface area contributed by atoms with Gasteiger partial charge in [0.05, 0.1) is 11.3 Å². The second-order valence-electron chi connectivity index (χ2n) is 7.64. The smallest absolute Gasteiger partial charge is 0.276 e. The van der Waals surface area contributed by atoms with Gasteiger partial charge in [0.1, 0.15) is 0 Å². The molecule has 146 valence electrons. The molecule has 0 saturated carbocycles. The SMILES string of the molecule is Cc1nn(C)cc1-c1cc(C(=O)N2CCC(CCc3ccccc3)CC2)no1. The lowest BCUT2D eigenvalue weighted by atomic mass is 9.90. The number of rotatable bonds is 5. The van der Waals surface area contributed by atoms with Crippen LogP contribution in [0.3, 0.4) is 0 Å². The summed E-state index contributed by atoms with van der Waals surface area (Å²) >= 11 is 0. The van der Waals surface area contributed by atoms with E-state index >= 15 is 0 Å². The van der Waals surface area contributed by atoms with Gasteiger partial charge < -0.3 is 9.42 Å². The van der Waals surface area contributed by atoms with Crippen molar-refractivity contribution in [3.63, 3.8) is 0 Å². The largest absolute Gasteiger partial charge is 0.355 e. The van der Waals surface area contributed by atoms with Gasteiger partial charge in [0.25, 0.3) is 5.91 Å². The van der Waals surface area contributed by atoms with E-state index in [1.807, 2.05) is 25.1 Å². The summed E-state index contributed by atoms with van der Waals surface area (Å²) in [6.07, 6.45) is 6.26. The first-order valence-corrected chi connectivity index (χ1v) is 9.90. The fourth-order valence-corrected chi connectivity index (χ4v) is 3.95. The van der Waals surface area contributed by atoms with E-state index in [1.165, 1.54) is 12.0 Å². The standard InChI is InChI=1S/C22H26N4O2/c1-16-19(15-25(2)23-16)21-14-20(24-28-21)22(27)26-12-10-18(11-13-26)9-8-17-6-4-3-5-7-17/h3-7,14-15,18H,8-13H2,1-2H3. The molecule has 1 amide bonds. The molecular weight excluding hydrogens is 352 g/mol. The number of nitrogens with zero attached hydrogens (tertiary/aromatic N) is 4. The van der Waals surface area contributed by atoms with Gasteiger partial charge in [-0.05, 0) is 44.1 Å². The van der Waals surface area contributed by atoms with Crippen molar-refractivity contribution >= 4 is 5.91 Å². The molecule has 0 radical (unpaired) electrons. The van der Waals surface area contributed by atoms with Crippen molar-refractivity contribution in [2.24, 2.45) is 13.0 Å². The van der Waals surface area contributed by atoms with Crippen molar-refractivity contribution < 1.29 is 9.32 Å². The number of likely N-dealkylation sites (tertiary alicyclic amines) is 1. The van der Waals surface area contributed by atoms with Gasteiger partial charge in [-0.1, -0.05) is 35.5 Å². The fraction of sp³-hybridized carbons (Fsp3) is 0.409. The van der Waals surface area contributed by atoms with E-state index < -0.39 is 0 Å². The van der Waals surface area contributed by atoms with E-state index in [4.69, 9.17) is 4.52 Å². The summed E-state index contributed by atoms with van der Waals surface area (Å²) in [6.45, 7) is 3.48. The number of carbonyl (C=O) groups is 1. The number of aromatic nitrogens is 3. The first-order chi connectivity index (χ1) is 13.6. The van der Waals surface area contributed by atoms with Crippen LogP contribution in [0.5, 0.6) is 0 Å². The topological polar surface area (TPSA) is 64.2 Å². The average molecular weight is 378 g/mol. The van der Waals surface area contributed by atoms with Crippen molar-refractivity contribution in [3.8, 4) is 11.3 Å². The van der Waals surface area contributed by atoms with Gasteiger partial charge in [-0.3, -0.25) is 9.48 Å². The third-order valence-electron chi connectivity index (χ3n) is 5.59. The van der Waals surface area contributed by atoms with Crippen LogP contribution in [0.1, 0.15) is 41.0 Å². The average Bonchev–Trinajstić information content (AvgIpc) is 3.33. The fourth-order valence-electron chi connectivity index (χ4n) is 3.95. The number of hydrogen-bond donors (Lipinski definition) is 0. The molecule has 0 spiro atoms. The Morgan fingerprint density at radius 2 is 1.96 bits per heavy atom. The maximum Gasteiger partial charge on any atom is 0.276 e. The van der Waals surface area contributed by atoms with Crippen molar-refractivity contribution in [2.75, 3.05) is 13.1 Å². The predicted octanol–water partition coefficient (Wildman–Crippen LogP) is 3.87. The number of hydrogen-bond acceptors (Lipinski definition) is 4. The van der Waals surface area contributed by atoms with Crippen LogP contribution >= 0.6 is 0 Å². The lowest BCUT2D eigenvalue weighted by Crippen LogP contribution is -2.38. The quantitative estimate of drug-likeness (QED) is 0.676. The summed E-state index contributed by atoms with van der Waals surface area (Å²) in [7, 11) is 1.86. The van der Waals surface area contributed by atoms with Crippen LogP contribution in [-0.4, -0.2) is 38.8 Å². The monoisotopic (exact) mass is 378 g/mol. The maximum atomic E-state index is 12.8. The highest BCUT2D eigenvalue weighted by Crippen LogP contribution is 2.26. The Morgan fingerprint density at radius 3 is 2.64 bits per heavy atom. The summed E-state index contributed by atoms with van der Waals surface area (Å²) in [4.78, 5) is 14.7. The van der Waals surface area contributed by atoms with Crippen LogP contribution < -0.4 is 0 Å². The molecule has 6 heteroatoms. The van der Waals surface area contributed by atoms with E-state index in [1.54, 1.807) is 10.7 Å². The minimum absolute atomic E-state index is 0.0435. The van der Waals surface area contributed by atoms with Crippen LogP contribution in [0.2, 0.25) is 0 Å². The van der Waals surface area contributed by atoms with E-state index in [9.17, 15) is 4.79 Å². The molecule has 3 heterocycles. The van der Waals surface area contributed by atoms with Gasteiger partial charge in [0, 0.05) is 32.4 Å². The Labute approximate surface area is 165 Å². The second kappa shape index (κ2) is 8.00. The molecule has 6 nitrogen and oxygen atoms in total. The molecule has 0 aliphatic carbocycles. The molecule has 1 aliphatic rings.